The highest BCUT2D eigenvalue weighted by Crippen LogP contribution is 2.24. The highest BCUT2D eigenvalue weighted by molar-refractivity contribution is 9.10. The Bertz CT molecular complexity index is 415. The van der Waals surface area contributed by atoms with Gasteiger partial charge in [0.2, 0.25) is 0 Å². The van der Waals surface area contributed by atoms with Crippen LogP contribution in [0, 0.1) is 0 Å². The van der Waals surface area contributed by atoms with Gasteiger partial charge in [0.25, 0.3) is 0 Å². The maximum atomic E-state index is 12.4. The topological polar surface area (TPSA) is 24.5 Å². The van der Waals surface area contributed by atoms with Crippen LogP contribution in [0.5, 0.6) is 5.75 Å². The predicted molar refractivity (Wildman–Crippen MR) is 84.9 cm³/mol. The number of hydrogen-bond acceptors (Lipinski definition) is 3. The van der Waals surface area contributed by atoms with E-state index < -0.39 is 6.61 Å². The van der Waals surface area contributed by atoms with Gasteiger partial charge in [-0.05, 0) is 50.8 Å². The molecule has 3 nitrogen and oxygen atoms in total. The average molecular weight is 365 g/mol. The van der Waals surface area contributed by atoms with E-state index in [1.54, 1.807) is 18.2 Å². The summed E-state index contributed by atoms with van der Waals surface area (Å²) in [6.45, 7) is 5.99. The second-order valence-electron chi connectivity index (χ2n) is 4.69. The maximum Gasteiger partial charge on any atom is 0.387 e. The van der Waals surface area contributed by atoms with Crippen LogP contribution in [-0.4, -0.2) is 37.7 Å². The van der Waals surface area contributed by atoms with E-state index in [-0.39, 0.29) is 5.75 Å². The average Bonchev–Trinajstić information content (AvgIpc) is 2.45. The highest BCUT2D eigenvalue weighted by Gasteiger charge is 2.10. The molecule has 120 valence electrons. The Morgan fingerprint density at radius 2 is 2.00 bits per heavy atom. The van der Waals surface area contributed by atoms with Gasteiger partial charge in [-0.25, -0.2) is 0 Å². The van der Waals surface area contributed by atoms with Crippen LogP contribution in [0.3, 0.4) is 0 Å². The van der Waals surface area contributed by atoms with Gasteiger partial charge in [-0.15, -0.1) is 0 Å². The molecule has 0 amide bonds. The molecule has 6 heteroatoms. The molecule has 0 unspecified atom stereocenters. The van der Waals surface area contributed by atoms with E-state index in [4.69, 9.17) is 0 Å². The summed E-state index contributed by atoms with van der Waals surface area (Å²) in [5, 5.41) is 3.27. The highest BCUT2D eigenvalue weighted by atomic mass is 79.9. The maximum absolute atomic E-state index is 12.4. The van der Waals surface area contributed by atoms with Gasteiger partial charge in [0.1, 0.15) is 5.75 Å². The molecule has 0 fully saturated rings. The Kier molecular flexibility index (Phi) is 8.80. The van der Waals surface area contributed by atoms with Crippen molar-refractivity contribution in [2.75, 3.05) is 26.2 Å². The van der Waals surface area contributed by atoms with Crippen LogP contribution in [0.2, 0.25) is 0 Å². The Balaban J connectivity index is 2.42. The van der Waals surface area contributed by atoms with Crippen molar-refractivity contribution in [2.45, 2.75) is 33.4 Å². The molecular formula is C15H23BrF2N2O. The largest absolute Gasteiger partial charge is 0.434 e. The smallest absolute Gasteiger partial charge is 0.387 e. The lowest BCUT2D eigenvalue weighted by Gasteiger charge is -2.18. The van der Waals surface area contributed by atoms with Gasteiger partial charge in [-0.2, -0.15) is 8.78 Å². The van der Waals surface area contributed by atoms with E-state index in [2.05, 4.69) is 44.7 Å². The van der Waals surface area contributed by atoms with Crippen molar-refractivity contribution in [2.24, 2.45) is 0 Å². The van der Waals surface area contributed by atoms with Crippen LogP contribution in [-0.2, 0) is 6.54 Å². The molecule has 1 aromatic rings. The summed E-state index contributed by atoms with van der Waals surface area (Å²) < 4.78 is 30.1. The van der Waals surface area contributed by atoms with Crippen molar-refractivity contribution >= 4 is 15.9 Å². The van der Waals surface area contributed by atoms with Gasteiger partial charge >= 0.3 is 6.61 Å². The van der Waals surface area contributed by atoms with Gasteiger partial charge in [-0.1, -0.05) is 29.8 Å². The standard InChI is InChI=1S/C15H23BrF2N2O/c1-3-20(4-2)9-5-8-19-11-12-10-13(16)6-7-14(12)21-15(17)18/h6-7,10,15,19H,3-5,8-9,11H2,1-2H3. The fourth-order valence-corrected chi connectivity index (χ4v) is 2.50. The second kappa shape index (κ2) is 10.1. The normalized spacial score (nSPS) is 11.4. The molecule has 1 N–H and O–H groups in total. The fraction of sp³-hybridized carbons (Fsp3) is 0.600. The Hall–Kier alpha value is -0.720. The van der Waals surface area contributed by atoms with E-state index in [0.29, 0.717) is 6.54 Å². The fourth-order valence-electron chi connectivity index (χ4n) is 2.09. The molecule has 0 aromatic heterocycles. The number of hydrogen-bond donors (Lipinski definition) is 1. The Labute approximate surface area is 133 Å². The minimum Gasteiger partial charge on any atom is -0.434 e. The first kappa shape index (κ1) is 18.3. The van der Waals surface area contributed by atoms with Gasteiger partial charge in [0.05, 0.1) is 0 Å². The zero-order valence-electron chi connectivity index (χ0n) is 12.5. The SMILES string of the molecule is CCN(CC)CCCNCc1cc(Br)ccc1OC(F)F. The second-order valence-corrected chi connectivity index (χ2v) is 5.60. The van der Waals surface area contributed by atoms with Crippen LogP contribution < -0.4 is 10.1 Å². The van der Waals surface area contributed by atoms with Crippen LogP contribution in [0.4, 0.5) is 8.78 Å². The van der Waals surface area contributed by atoms with Gasteiger partial charge in [0.15, 0.2) is 0 Å². The minimum absolute atomic E-state index is 0.226. The summed E-state index contributed by atoms with van der Waals surface area (Å²) in [4.78, 5) is 2.35. The zero-order chi connectivity index (χ0) is 15.7. The van der Waals surface area contributed by atoms with E-state index in [0.717, 1.165) is 42.6 Å². The first-order valence-electron chi connectivity index (χ1n) is 7.23. The van der Waals surface area contributed by atoms with Crippen molar-refractivity contribution in [3.63, 3.8) is 0 Å². The monoisotopic (exact) mass is 364 g/mol. The number of rotatable bonds is 10. The lowest BCUT2D eigenvalue weighted by molar-refractivity contribution is -0.0505. The number of alkyl halides is 2. The molecule has 21 heavy (non-hydrogen) atoms. The van der Waals surface area contributed by atoms with Gasteiger partial charge < -0.3 is 15.0 Å². The van der Waals surface area contributed by atoms with Crippen LogP contribution >= 0.6 is 15.9 Å². The molecule has 0 atom stereocenters. The molecule has 0 radical (unpaired) electrons. The van der Waals surface area contributed by atoms with E-state index in [9.17, 15) is 8.78 Å². The Morgan fingerprint density at radius 3 is 2.62 bits per heavy atom. The van der Waals surface area contributed by atoms with Crippen LogP contribution in [0.25, 0.3) is 0 Å². The third-order valence-electron chi connectivity index (χ3n) is 3.28. The number of nitrogens with one attached hydrogen (secondary N) is 1. The van der Waals surface area contributed by atoms with Crippen molar-refractivity contribution in [1.29, 1.82) is 0 Å². The Morgan fingerprint density at radius 1 is 1.29 bits per heavy atom. The first-order chi connectivity index (χ1) is 10.1. The molecule has 0 heterocycles. The number of ether oxygens (including phenoxy) is 1. The van der Waals surface area contributed by atoms with Crippen LogP contribution in [0.15, 0.2) is 22.7 Å². The van der Waals surface area contributed by atoms with Crippen molar-refractivity contribution in [3.8, 4) is 5.75 Å². The van der Waals surface area contributed by atoms with Gasteiger partial charge in [0, 0.05) is 16.6 Å². The van der Waals surface area contributed by atoms with Crippen LogP contribution in [0.1, 0.15) is 25.8 Å². The molecule has 0 saturated heterocycles. The lowest BCUT2D eigenvalue weighted by atomic mass is 10.2. The molecule has 0 bridgehead atoms. The third kappa shape index (κ3) is 7.20. The van der Waals surface area contributed by atoms with Gasteiger partial charge in [-0.3, -0.25) is 0 Å². The molecule has 1 aromatic carbocycles. The molecule has 0 aliphatic heterocycles. The summed E-state index contributed by atoms with van der Waals surface area (Å²) in [7, 11) is 0. The van der Waals surface area contributed by atoms with E-state index >= 15 is 0 Å². The number of benzene rings is 1. The minimum atomic E-state index is -2.80. The summed E-state index contributed by atoms with van der Waals surface area (Å²) in [6.07, 6.45) is 1.03. The van der Waals surface area contributed by atoms with E-state index in [1.807, 2.05) is 0 Å². The zero-order valence-corrected chi connectivity index (χ0v) is 14.1. The molecular weight excluding hydrogens is 342 g/mol. The molecule has 0 aliphatic rings. The molecule has 0 saturated carbocycles. The molecule has 1 rings (SSSR count). The quantitative estimate of drug-likeness (QED) is 0.637. The summed E-state index contributed by atoms with van der Waals surface area (Å²) in [5.41, 5.74) is 0.729. The lowest BCUT2D eigenvalue weighted by Crippen LogP contribution is -2.27. The molecule has 0 aliphatic carbocycles. The third-order valence-corrected chi connectivity index (χ3v) is 3.77. The predicted octanol–water partition coefficient (Wildman–Crippen LogP) is 3.87. The molecule has 0 spiro atoms. The summed E-state index contributed by atoms with van der Waals surface area (Å²) >= 11 is 3.35. The van der Waals surface area contributed by atoms with E-state index in [1.165, 1.54) is 0 Å². The number of nitrogens with zero attached hydrogens (tertiary/aromatic N) is 1. The summed E-state index contributed by atoms with van der Waals surface area (Å²) in [5.74, 6) is 0.226. The first-order valence-corrected chi connectivity index (χ1v) is 8.02. The number of halogens is 3. The van der Waals surface area contributed by atoms with Crippen molar-refractivity contribution in [1.82, 2.24) is 10.2 Å². The van der Waals surface area contributed by atoms with Crippen molar-refractivity contribution < 1.29 is 13.5 Å². The summed E-state index contributed by atoms with van der Waals surface area (Å²) in [6, 6.07) is 5.06. The van der Waals surface area contributed by atoms with Crippen molar-refractivity contribution in [3.05, 3.63) is 28.2 Å².